The highest BCUT2D eigenvalue weighted by atomic mass is 32.2. The number of thioether (sulfide) groups is 1. The predicted octanol–water partition coefficient (Wildman–Crippen LogP) is 2.17. The van der Waals surface area contributed by atoms with Crippen LogP contribution in [0.1, 0.15) is 41.5 Å². The largest absolute Gasteiger partial charge is 0.378 e. The van der Waals surface area contributed by atoms with Crippen molar-refractivity contribution in [1.29, 1.82) is 0 Å². The standard InChI is InChI=1S/C17H31N5O2S/c1-12(2)11-22-15(21-7-9-24-10-8-21)19-20-16(22)25-13(3)14(23)18-17(4,5)6/h12-13H,7-11H2,1-6H3,(H,18,23)/t13-/m1/s1. The quantitative estimate of drug-likeness (QED) is 0.775. The summed E-state index contributed by atoms with van der Waals surface area (Å²) in [5.41, 5.74) is -0.240. The van der Waals surface area contributed by atoms with E-state index in [9.17, 15) is 4.79 Å². The van der Waals surface area contributed by atoms with Gasteiger partial charge in [-0.3, -0.25) is 9.36 Å². The summed E-state index contributed by atoms with van der Waals surface area (Å²) >= 11 is 1.47. The molecule has 1 aromatic rings. The average Bonchev–Trinajstić information content (AvgIpc) is 2.88. The average molecular weight is 370 g/mol. The number of carbonyl (C=O) groups excluding carboxylic acids is 1. The zero-order valence-corrected chi connectivity index (χ0v) is 17.0. The SMILES string of the molecule is CC(C)Cn1c(S[C@H](C)C(=O)NC(C)(C)C)nnc1N1CCOCC1. The Morgan fingerprint density at radius 2 is 1.88 bits per heavy atom. The van der Waals surface area contributed by atoms with Gasteiger partial charge in [0.15, 0.2) is 5.16 Å². The lowest BCUT2D eigenvalue weighted by atomic mass is 10.1. The Morgan fingerprint density at radius 1 is 1.24 bits per heavy atom. The molecule has 8 heteroatoms. The van der Waals surface area contributed by atoms with Gasteiger partial charge in [0.2, 0.25) is 11.9 Å². The van der Waals surface area contributed by atoms with Crippen LogP contribution in [0.15, 0.2) is 5.16 Å². The van der Waals surface area contributed by atoms with Crippen molar-refractivity contribution in [2.45, 2.75) is 64.0 Å². The van der Waals surface area contributed by atoms with Gasteiger partial charge < -0.3 is 15.0 Å². The molecule has 142 valence electrons. The summed E-state index contributed by atoms with van der Waals surface area (Å²) in [5.74, 6) is 1.36. The maximum atomic E-state index is 12.4. The lowest BCUT2D eigenvalue weighted by Crippen LogP contribution is -2.44. The van der Waals surface area contributed by atoms with Gasteiger partial charge in [0.25, 0.3) is 0 Å². The van der Waals surface area contributed by atoms with Crippen LogP contribution in [-0.4, -0.2) is 57.8 Å². The molecular weight excluding hydrogens is 338 g/mol. The second-order valence-corrected chi connectivity index (χ2v) is 9.19. The Hall–Kier alpha value is -1.28. The number of morpholine rings is 1. The molecule has 1 fully saturated rings. The van der Waals surface area contributed by atoms with E-state index in [4.69, 9.17) is 4.74 Å². The van der Waals surface area contributed by atoms with E-state index in [0.29, 0.717) is 19.1 Å². The summed E-state index contributed by atoms with van der Waals surface area (Å²) < 4.78 is 7.57. The first-order chi connectivity index (χ1) is 11.7. The third-order valence-electron chi connectivity index (χ3n) is 3.69. The van der Waals surface area contributed by atoms with Crippen LogP contribution in [-0.2, 0) is 16.1 Å². The van der Waals surface area contributed by atoms with Crippen LogP contribution in [0.2, 0.25) is 0 Å². The molecular formula is C17H31N5O2S. The third kappa shape index (κ3) is 5.88. The predicted molar refractivity (Wildman–Crippen MR) is 101 cm³/mol. The van der Waals surface area contributed by atoms with E-state index in [1.54, 1.807) is 0 Å². The summed E-state index contributed by atoms with van der Waals surface area (Å²) in [6.45, 7) is 16.1. The number of ether oxygens (including phenoxy) is 1. The maximum Gasteiger partial charge on any atom is 0.233 e. The number of nitrogens with one attached hydrogen (secondary N) is 1. The van der Waals surface area contributed by atoms with Gasteiger partial charge >= 0.3 is 0 Å². The Bertz CT molecular complexity index is 576. The van der Waals surface area contributed by atoms with Gasteiger partial charge in [-0.2, -0.15) is 0 Å². The Morgan fingerprint density at radius 3 is 2.44 bits per heavy atom. The lowest BCUT2D eigenvalue weighted by Gasteiger charge is -2.28. The summed E-state index contributed by atoms with van der Waals surface area (Å²) in [6.07, 6.45) is 0. The van der Waals surface area contributed by atoms with Gasteiger partial charge in [0.05, 0.1) is 18.5 Å². The van der Waals surface area contributed by atoms with Crippen molar-refractivity contribution >= 4 is 23.6 Å². The molecule has 1 amide bonds. The molecule has 1 N–H and O–H groups in total. The van der Waals surface area contributed by atoms with Crippen LogP contribution in [0, 0.1) is 5.92 Å². The highest BCUT2D eigenvalue weighted by molar-refractivity contribution is 8.00. The van der Waals surface area contributed by atoms with Crippen LogP contribution in [0.3, 0.4) is 0 Å². The Labute approximate surface area is 154 Å². The van der Waals surface area contributed by atoms with E-state index < -0.39 is 0 Å². The van der Waals surface area contributed by atoms with Crippen molar-refractivity contribution in [1.82, 2.24) is 20.1 Å². The molecule has 0 saturated carbocycles. The highest BCUT2D eigenvalue weighted by Crippen LogP contribution is 2.27. The molecule has 2 heterocycles. The number of carbonyl (C=O) groups is 1. The molecule has 7 nitrogen and oxygen atoms in total. The molecule has 1 aromatic heterocycles. The molecule has 1 atom stereocenters. The number of nitrogens with zero attached hydrogens (tertiary/aromatic N) is 4. The molecule has 0 unspecified atom stereocenters. The van der Waals surface area contributed by atoms with Crippen LogP contribution in [0.5, 0.6) is 0 Å². The van der Waals surface area contributed by atoms with Crippen molar-refractivity contribution in [3.63, 3.8) is 0 Å². The monoisotopic (exact) mass is 369 g/mol. The van der Waals surface area contributed by atoms with Crippen molar-refractivity contribution in [2.75, 3.05) is 31.2 Å². The number of aromatic nitrogens is 3. The van der Waals surface area contributed by atoms with Crippen molar-refractivity contribution < 1.29 is 9.53 Å². The first kappa shape index (κ1) is 20.0. The Balaban J connectivity index is 2.16. The van der Waals surface area contributed by atoms with E-state index in [1.165, 1.54) is 11.8 Å². The van der Waals surface area contributed by atoms with Crippen LogP contribution in [0.4, 0.5) is 5.95 Å². The number of hydrogen-bond acceptors (Lipinski definition) is 6. The van der Waals surface area contributed by atoms with Gasteiger partial charge in [0.1, 0.15) is 0 Å². The molecule has 1 aliphatic heterocycles. The van der Waals surface area contributed by atoms with E-state index in [2.05, 4.69) is 38.8 Å². The number of rotatable bonds is 6. The second-order valence-electron chi connectivity index (χ2n) is 7.89. The van der Waals surface area contributed by atoms with Crippen LogP contribution >= 0.6 is 11.8 Å². The first-order valence-corrected chi connectivity index (χ1v) is 9.80. The maximum absolute atomic E-state index is 12.4. The smallest absolute Gasteiger partial charge is 0.233 e. The summed E-state index contributed by atoms with van der Waals surface area (Å²) in [6, 6.07) is 0. The van der Waals surface area contributed by atoms with E-state index in [-0.39, 0.29) is 16.7 Å². The zero-order valence-electron chi connectivity index (χ0n) is 16.2. The minimum Gasteiger partial charge on any atom is -0.378 e. The Kier molecular flexibility index (Phi) is 6.73. The molecule has 2 rings (SSSR count). The summed E-state index contributed by atoms with van der Waals surface area (Å²) in [4.78, 5) is 14.6. The fourth-order valence-electron chi connectivity index (χ4n) is 2.57. The minimum absolute atomic E-state index is 0.0181. The highest BCUT2D eigenvalue weighted by Gasteiger charge is 2.25. The topological polar surface area (TPSA) is 72.3 Å². The third-order valence-corrected chi connectivity index (χ3v) is 4.77. The molecule has 1 saturated heterocycles. The van der Waals surface area contributed by atoms with Gasteiger partial charge in [-0.25, -0.2) is 0 Å². The molecule has 1 aliphatic rings. The van der Waals surface area contributed by atoms with Gasteiger partial charge in [-0.05, 0) is 33.6 Å². The number of amides is 1. The fourth-order valence-corrected chi connectivity index (χ4v) is 3.43. The van der Waals surface area contributed by atoms with Crippen LogP contribution in [0.25, 0.3) is 0 Å². The van der Waals surface area contributed by atoms with E-state index in [0.717, 1.165) is 30.7 Å². The van der Waals surface area contributed by atoms with E-state index in [1.807, 2.05) is 27.7 Å². The lowest BCUT2D eigenvalue weighted by molar-refractivity contribution is -0.121. The molecule has 0 spiro atoms. The number of hydrogen-bond donors (Lipinski definition) is 1. The van der Waals surface area contributed by atoms with Crippen molar-refractivity contribution in [3.05, 3.63) is 0 Å². The summed E-state index contributed by atoms with van der Waals surface area (Å²) in [7, 11) is 0. The zero-order chi connectivity index (χ0) is 18.6. The van der Waals surface area contributed by atoms with Crippen molar-refractivity contribution in [3.8, 4) is 0 Å². The van der Waals surface area contributed by atoms with Crippen LogP contribution < -0.4 is 10.2 Å². The fraction of sp³-hybridized carbons (Fsp3) is 0.824. The van der Waals surface area contributed by atoms with Gasteiger partial charge in [0, 0.05) is 25.2 Å². The molecule has 25 heavy (non-hydrogen) atoms. The second kappa shape index (κ2) is 8.40. The minimum atomic E-state index is -0.240. The van der Waals surface area contributed by atoms with E-state index >= 15 is 0 Å². The number of anilines is 1. The molecule has 0 aromatic carbocycles. The van der Waals surface area contributed by atoms with Crippen molar-refractivity contribution in [2.24, 2.45) is 5.92 Å². The van der Waals surface area contributed by atoms with Gasteiger partial charge in [-0.1, -0.05) is 25.6 Å². The molecule has 0 radical (unpaired) electrons. The molecule has 0 bridgehead atoms. The summed E-state index contributed by atoms with van der Waals surface area (Å²) in [5, 5.41) is 12.4. The molecule has 0 aliphatic carbocycles. The van der Waals surface area contributed by atoms with Gasteiger partial charge in [-0.15, -0.1) is 10.2 Å². The first-order valence-electron chi connectivity index (χ1n) is 8.92. The normalized spacial score (nSPS) is 17.0.